The van der Waals surface area contributed by atoms with Gasteiger partial charge in [0, 0.05) is 32.7 Å². The van der Waals surface area contributed by atoms with Crippen molar-refractivity contribution in [2.24, 2.45) is 0 Å². The summed E-state index contributed by atoms with van der Waals surface area (Å²) in [6.45, 7) is 4.90. The van der Waals surface area contributed by atoms with Crippen LogP contribution in [-0.4, -0.2) is 68.3 Å². The number of thioether (sulfide) groups is 1. The van der Waals surface area contributed by atoms with E-state index >= 15 is 0 Å². The molecule has 3 aromatic heterocycles. The Morgan fingerprint density at radius 2 is 1.93 bits per heavy atom. The summed E-state index contributed by atoms with van der Waals surface area (Å²) in [6, 6.07) is 7.36. The Morgan fingerprint density at radius 1 is 1.14 bits per heavy atom. The molecule has 4 rings (SSSR count). The smallest absolute Gasteiger partial charge is 0.264 e. The van der Waals surface area contributed by atoms with Gasteiger partial charge in [-0.1, -0.05) is 17.8 Å². The number of thiophene rings is 1. The van der Waals surface area contributed by atoms with Gasteiger partial charge in [-0.3, -0.25) is 14.2 Å². The second kappa shape index (κ2) is 8.83. The van der Waals surface area contributed by atoms with E-state index in [1.807, 2.05) is 50.9 Å². The van der Waals surface area contributed by atoms with Crippen molar-refractivity contribution >= 4 is 34.9 Å². The topological polar surface area (TPSA) is 84.5 Å². The van der Waals surface area contributed by atoms with E-state index < -0.39 is 0 Å². The van der Waals surface area contributed by atoms with Gasteiger partial charge in [-0.15, -0.1) is 21.5 Å². The van der Waals surface area contributed by atoms with Gasteiger partial charge in [0.25, 0.3) is 5.91 Å². The molecule has 1 aliphatic rings. The van der Waals surface area contributed by atoms with Crippen LogP contribution in [0.2, 0.25) is 0 Å². The van der Waals surface area contributed by atoms with Crippen LogP contribution in [0, 0.1) is 0 Å². The lowest BCUT2D eigenvalue weighted by atomic mass is 10.3. The van der Waals surface area contributed by atoms with Crippen molar-refractivity contribution in [3.63, 3.8) is 0 Å². The van der Waals surface area contributed by atoms with Crippen molar-refractivity contribution in [2.45, 2.75) is 18.6 Å². The number of piperazine rings is 1. The predicted octanol–water partition coefficient (Wildman–Crippen LogP) is 2.70. The first-order valence-electron chi connectivity index (χ1n) is 9.37. The van der Waals surface area contributed by atoms with E-state index in [1.165, 1.54) is 23.1 Å². The Kier molecular flexibility index (Phi) is 6.00. The zero-order valence-corrected chi connectivity index (χ0v) is 17.6. The molecule has 0 aliphatic carbocycles. The third-order valence-electron chi connectivity index (χ3n) is 4.75. The molecule has 0 aromatic carbocycles. The van der Waals surface area contributed by atoms with Gasteiger partial charge in [0.1, 0.15) is 0 Å². The monoisotopic (exact) mass is 431 g/mol. The number of aromatic nitrogens is 3. The lowest BCUT2D eigenvalue weighted by Gasteiger charge is -2.34. The van der Waals surface area contributed by atoms with Gasteiger partial charge in [0.15, 0.2) is 16.7 Å². The van der Waals surface area contributed by atoms with Crippen LogP contribution in [0.3, 0.4) is 0 Å². The van der Waals surface area contributed by atoms with Crippen molar-refractivity contribution in [3.8, 4) is 11.6 Å². The summed E-state index contributed by atoms with van der Waals surface area (Å²) in [7, 11) is 0. The van der Waals surface area contributed by atoms with E-state index in [-0.39, 0.29) is 17.6 Å². The van der Waals surface area contributed by atoms with Crippen LogP contribution in [0.1, 0.15) is 16.6 Å². The SMILES string of the molecule is CCn1c(SCC(=O)N2CCN(C(=O)c3cccs3)CC2)nnc1-c1ccco1. The minimum absolute atomic E-state index is 0.0444. The highest BCUT2D eigenvalue weighted by molar-refractivity contribution is 7.99. The van der Waals surface area contributed by atoms with Crippen LogP contribution in [0.25, 0.3) is 11.6 Å². The zero-order chi connectivity index (χ0) is 20.2. The highest BCUT2D eigenvalue weighted by Crippen LogP contribution is 2.24. The summed E-state index contributed by atoms with van der Waals surface area (Å²) in [5.74, 6) is 1.69. The average Bonchev–Trinajstić information content (AvgIpc) is 3.52. The molecule has 3 aromatic rings. The van der Waals surface area contributed by atoms with E-state index in [0.717, 1.165) is 4.88 Å². The Balaban J connectivity index is 1.31. The molecule has 0 spiro atoms. The number of rotatable bonds is 6. The number of nitrogens with zero attached hydrogens (tertiary/aromatic N) is 5. The van der Waals surface area contributed by atoms with Crippen LogP contribution in [0.5, 0.6) is 0 Å². The average molecular weight is 432 g/mol. The molecule has 1 saturated heterocycles. The summed E-state index contributed by atoms with van der Waals surface area (Å²) in [5.41, 5.74) is 0. The Bertz CT molecular complexity index is 960. The third kappa shape index (κ3) is 4.23. The summed E-state index contributed by atoms with van der Waals surface area (Å²) in [5, 5.41) is 11.0. The maximum absolute atomic E-state index is 12.6. The standard InChI is InChI=1S/C19H21N5O3S2/c1-2-24-17(14-5-3-11-27-14)20-21-19(24)29-13-16(25)22-7-9-23(10-8-22)18(26)15-6-4-12-28-15/h3-6,11-12H,2,7-10,13H2,1H3. The lowest BCUT2D eigenvalue weighted by molar-refractivity contribution is -0.129. The molecule has 1 fully saturated rings. The maximum Gasteiger partial charge on any atom is 0.264 e. The molecule has 8 nitrogen and oxygen atoms in total. The van der Waals surface area contributed by atoms with Crippen molar-refractivity contribution in [1.82, 2.24) is 24.6 Å². The summed E-state index contributed by atoms with van der Waals surface area (Å²) in [6.07, 6.45) is 1.60. The van der Waals surface area contributed by atoms with E-state index in [2.05, 4.69) is 10.2 Å². The number of carbonyl (C=O) groups is 2. The van der Waals surface area contributed by atoms with Crippen LogP contribution in [-0.2, 0) is 11.3 Å². The van der Waals surface area contributed by atoms with Crippen LogP contribution < -0.4 is 0 Å². The number of hydrogen-bond acceptors (Lipinski definition) is 7. The van der Waals surface area contributed by atoms with Crippen molar-refractivity contribution in [1.29, 1.82) is 0 Å². The van der Waals surface area contributed by atoms with Gasteiger partial charge < -0.3 is 14.2 Å². The normalized spacial score (nSPS) is 14.4. The Labute approximate surface area is 176 Å². The molecule has 1 aliphatic heterocycles. The maximum atomic E-state index is 12.6. The van der Waals surface area contributed by atoms with Crippen LogP contribution >= 0.6 is 23.1 Å². The number of carbonyl (C=O) groups excluding carboxylic acids is 2. The number of hydrogen-bond donors (Lipinski definition) is 0. The minimum atomic E-state index is 0.0444. The zero-order valence-electron chi connectivity index (χ0n) is 16.0. The van der Waals surface area contributed by atoms with Crippen molar-refractivity contribution in [2.75, 3.05) is 31.9 Å². The second-order valence-corrected chi connectivity index (χ2v) is 8.36. The van der Waals surface area contributed by atoms with Crippen LogP contribution in [0.4, 0.5) is 0 Å². The highest BCUT2D eigenvalue weighted by atomic mass is 32.2. The first-order chi connectivity index (χ1) is 14.2. The van der Waals surface area contributed by atoms with Gasteiger partial charge >= 0.3 is 0 Å². The van der Waals surface area contributed by atoms with Gasteiger partial charge in [-0.2, -0.15) is 0 Å². The highest BCUT2D eigenvalue weighted by Gasteiger charge is 2.26. The Hall–Kier alpha value is -2.59. The molecule has 29 heavy (non-hydrogen) atoms. The number of amides is 2. The molecule has 0 saturated carbocycles. The lowest BCUT2D eigenvalue weighted by Crippen LogP contribution is -2.51. The Morgan fingerprint density at radius 3 is 2.59 bits per heavy atom. The number of furan rings is 1. The fourth-order valence-corrected chi connectivity index (χ4v) is 4.80. The molecule has 0 atom stereocenters. The molecule has 0 unspecified atom stereocenters. The third-order valence-corrected chi connectivity index (χ3v) is 6.56. The van der Waals surface area contributed by atoms with Gasteiger partial charge in [-0.25, -0.2) is 0 Å². The first-order valence-corrected chi connectivity index (χ1v) is 11.2. The van der Waals surface area contributed by atoms with E-state index in [0.29, 0.717) is 49.5 Å². The molecule has 0 radical (unpaired) electrons. The molecule has 0 bridgehead atoms. The van der Waals surface area contributed by atoms with Gasteiger partial charge in [0.05, 0.1) is 16.9 Å². The molecule has 10 heteroatoms. The fraction of sp³-hybridized carbons (Fsp3) is 0.368. The molecule has 4 heterocycles. The summed E-state index contributed by atoms with van der Waals surface area (Å²) in [4.78, 5) is 29.4. The van der Waals surface area contributed by atoms with Crippen molar-refractivity contribution < 1.29 is 14.0 Å². The van der Waals surface area contributed by atoms with E-state index in [4.69, 9.17) is 4.42 Å². The molecular weight excluding hydrogens is 410 g/mol. The fourth-order valence-electron chi connectivity index (χ4n) is 3.20. The van der Waals surface area contributed by atoms with Crippen LogP contribution in [0.15, 0.2) is 45.5 Å². The first kappa shape index (κ1) is 19.7. The van der Waals surface area contributed by atoms with Gasteiger partial charge in [-0.05, 0) is 30.5 Å². The molecule has 2 amide bonds. The summed E-state index contributed by atoms with van der Waals surface area (Å²) >= 11 is 2.82. The van der Waals surface area contributed by atoms with E-state index in [1.54, 1.807) is 6.26 Å². The largest absolute Gasteiger partial charge is 0.461 e. The van der Waals surface area contributed by atoms with Gasteiger partial charge in [0.2, 0.25) is 5.91 Å². The predicted molar refractivity (Wildman–Crippen MR) is 111 cm³/mol. The molecule has 0 N–H and O–H groups in total. The second-order valence-electron chi connectivity index (χ2n) is 6.47. The quantitative estimate of drug-likeness (QED) is 0.558. The summed E-state index contributed by atoms with van der Waals surface area (Å²) < 4.78 is 7.35. The van der Waals surface area contributed by atoms with E-state index in [9.17, 15) is 9.59 Å². The molecule has 152 valence electrons. The minimum Gasteiger partial charge on any atom is -0.461 e. The van der Waals surface area contributed by atoms with Crippen molar-refractivity contribution in [3.05, 3.63) is 40.8 Å². The molecular formula is C19H21N5O3S2.